The Morgan fingerprint density at radius 2 is 1.68 bits per heavy atom. The number of benzene rings is 2. The number of ether oxygens (including phenoxy) is 1. The van der Waals surface area contributed by atoms with E-state index in [4.69, 9.17) is 33.0 Å². The van der Waals surface area contributed by atoms with E-state index >= 15 is 0 Å². The smallest absolute Gasteiger partial charge is 0.128 e. The quantitative estimate of drug-likeness (QED) is 0.878. The lowest BCUT2D eigenvalue weighted by atomic mass is 10.1. The molecule has 1 N–H and O–H groups in total. The maximum atomic E-state index is 9.04. The molecule has 2 nitrogen and oxygen atoms in total. The molecule has 2 aromatic carbocycles. The van der Waals surface area contributed by atoms with E-state index in [1.54, 1.807) is 42.5 Å². The second-order valence-corrected chi connectivity index (χ2v) is 4.80. The largest absolute Gasteiger partial charge is 0.457 e. The van der Waals surface area contributed by atoms with Crippen LogP contribution in [-0.4, -0.2) is 11.7 Å². The molecule has 0 heterocycles. The van der Waals surface area contributed by atoms with Crippen molar-refractivity contribution in [2.45, 2.75) is 0 Å². The molecule has 0 radical (unpaired) electrons. The van der Waals surface area contributed by atoms with E-state index in [0.29, 0.717) is 32.7 Å². The summed E-state index contributed by atoms with van der Waals surface area (Å²) >= 11 is 11.9. The Morgan fingerprint density at radius 1 is 1.05 bits per heavy atom. The molecule has 0 aromatic heterocycles. The molecular weight excluding hydrogens is 283 g/mol. The molecule has 98 valence electrons. The molecule has 0 saturated heterocycles. The van der Waals surface area contributed by atoms with Crippen molar-refractivity contribution in [3.63, 3.8) is 0 Å². The predicted octanol–water partition coefficient (Wildman–Crippen LogP) is 4.79. The fourth-order valence-corrected chi connectivity index (χ4v) is 2.00. The zero-order valence-electron chi connectivity index (χ0n) is 10.1. The third-order valence-electron chi connectivity index (χ3n) is 2.56. The molecule has 0 aliphatic carbocycles. The third-order valence-corrected chi connectivity index (χ3v) is 3.13. The first-order valence-electron chi connectivity index (χ1n) is 5.62. The molecule has 4 heteroatoms. The van der Waals surface area contributed by atoms with Gasteiger partial charge in [-0.2, -0.15) is 0 Å². The minimum absolute atomic E-state index is 0.128. The molecule has 0 bridgehead atoms. The van der Waals surface area contributed by atoms with Crippen molar-refractivity contribution >= 4 is 28.8 Å². The molecule has 0 unspecified atom stereocenters. The monoisotopic (exact) mass is 294 g/mol. The van der Waals surface area contributed by atoms with E-state index in [1.165, 1.54) is 0 Å². The molecule has 0 amide bonds. The Labute approximate surface area is 121 Å². The summed E-state index contributed by atoms with van der Waals surface area (Å²) in [4.78, 5) is 0. The van der Waals surface area contributed by atoms with Crippen molar-refractivity contribution in [2.24, 2.45) is 0 Å². The van der Waals surface area contributed by atoms with Gasteiger partial charge in [-0.15, -0.1) is 0 Å². The van der Waals surface area contributed by atoms with Crippen LogP contribution in [0.5, 0.6) is 11.5 Å². The first-order valence-corrected chi connectivity index (χ1v) is 6.37. The predicted molar refractivity (Wildman–Crippen MR) is 79.1 cm³/mol. The Balaban J connectivity index is 2.20. The summed E-state index contributed by atoms with van der Waals surface area (Å²) in [5.41, 5.74) is 1.29. The highest BCUT2D eigenvalue weighted by Gasteiger charge is 2.06. The maximum absolute atomic E-state index is 9.04. The van der Waals surface area contributed by atoms with Crippen LogP contribution < -0.4 is 4.74 Å². The summed E-state index contributed by atoms with van der Waals surface area (Å²) in [5, 5.41) is 10.2. The number of aliphatic hydroxyl groups is 1. The lowest BCUT2D eigenvalue weighted by Gasteiger charge is -2.09. The summed E-state index contributed by atoms with van der Waals surface area (Å²) in [7, 11) is 0. The molecule has 0 fully saturated rings. The van der Waals surface area contributed by atoms with Crippen molar-refractivity contribution in [1.29, 1.82) is 0 Å². The Hall–Kier alpha value is -1.48. The highest BCUT2D eigenvalue weighted by molar-refractivity contribution is 6.32. The van der Waals surface area contributed by atoms with Crippen LogP contribution in [0.2, 0.25) is 10.0 Å². The van der Waals surface area contributed by atoms with E-state index in [9.17, 15) is 0 Å². The fourth-order valence-electron chi connectivity index (χ4n) is 1.57. The molecule has 2 aromatic rings. The topological polar surface area (TPSA) is 29.5 Å². The zero-order valence-corrected chi connectivity index (χ0v) is 11.6. The van der Waals surface area contributed by atoms with Gasteiger partial charge in [-0.3, -0.25) is 0 Å². The van der Waals surface area contributed by atoms with Gasteiger partial charge in [-0.25, -0.2) is 0 Å². The number of halogens is 2. The second kappa shape index (κ2) is 6.11. The molecule has 19 heavy (non-hydrogen) atoms. The van der Waals surface area contributed by atoms with Gasteiger partial charge in [0.05, 0.1) is 11.6 Å². The van der Waals surface area contributed by atoms with Gasteiger partial charge in [0, 0.05) is 11.1 Å². The van der Waals surface area contributed by atoms with Crippen molar-refractivity contribution in [3.8, 4) is 11.5 Å². The van der Waals surface area contributed by atoms with Crippen molar-refractivity contribution < 1.29 is 9.84 Å². The number of aliphatic hydroxyl groups excluding tert-OH is 1. The molecule has 0 aliphatic rings. The van der Waals surface area contributed by atoms with Crippen LogP contribution in [0.4, 0.5) is 0 Å². The molecular formula is C15H12Cl2O2. The average Bonchev–Trinajstić information content (AvgIpc) is 2.41. The van der Waals surface area contributed by atoms with E-state index in [-0.39, 0.29) is 6.61 Å². The van der Waals surface area contributed by atoms with E-state index in [0.717, 1.165) is 0 Å². The van der Waals surface area contributed by atoms with Gasteiger partial charge in [0.25, 0.3) is 0 Å². The Bertz CT molecular complexity index is 592. The van der Waals surface area contributed by atoms with Crippen LogP contribution in [0.3, 0.4) is 0 Å². The minimum Gasteiger partial charge on any atom is -0.457 e. The van der Waals surface area contributed by atoms with Gasteiger partial charge >= 0.3 is 0 Å². The highest BCUT2D eigenvalue weighted by atomic mass is 35.5. The lowest BCUT2D eigenvalue weighted by molar-refractivity contribution is 0.350. The number of hydrogen-bond acceptors (Lipinski definition) is 2. The molecule has 2 rings (SSSR count). The fraction of sp³-hybridized carbons (Fsp3) is 0.0667. The first-order chi connectivity index (χ1) is 9.10. The van der Waals surface area contributed by atoms with Crippen LogP contribution >= 0.6 is 23.2 Å². The van der Waals surface area contributed by atoms with Gasteiger partial charge in [-0.05, 0) is 47.5 Å². The van der Waals surface area contributed by atoms with Gasteiger partial charge in [0.2, 0.25) is 0 Å². The van der Waals surface area contributed by atoms with Gasteiger partial charge in [-0.1, -0.05) is 29.8 Å². The first kappa shape index (κ1) is 13.9. The standard InChI is InChI=1S/C15H12Cl2O2/c1-10(9-18)14-7-6-13(8-15(14)17)19-12-4-2-11(16)3-5-12/h2-8,18H,1,9H2. The molecule has 0 atom stereocenters. The van der Waals surface area contributed by atoms with E-state index in [1.807, 2.05) is 0 Å². The van der Waals surface area contributed by atoms with Crippen molar-refractivity contribution in [3.05, 3.63) is 64.7 Å². The molecule has 0 aliphatic heterocycles. The summed E-state index contributed by atoms with van der Waals surface area (Å²) in [5.74, 6) is 1.29. The van der Waals surface area contributed by atoms with E-state index in [2.05, 4.69) is 6.58 Å². The second-order valence-electron chi connectivity index (χ2n) is 3.96. The van der Waals surface area contributed by atoms with Gasteiger partial charge < -0.3 is 9.84 Å². The third kappa shape index (κ3) is 3.51. The van der Waals surface area contributed by atoms with Gasteiger partial charge in [0.15, 0.2) is 0 Å². The maximum Gasteiger partial charge on any atom is 0.128 e. The zero-order chi connectivity index (χ0) is 13.8. The van der Waals surface area contributed by atoms with Crippen molar-refractivity contribution in [1.82, 2.24) is 0 Å². The van der Waals surface area contributed by atoms with Crippen LogP contribution in [-0.2, 0) is 0 Å². The van der Waals surface area contributed by atoms with E-state index < -0.39 is 0 Å². The Morgan fingerprint density at radius 3 is 2.26 bits per heavy atom. The summed E-state index contributed by atoms with van der Waals surface area (Å²) in [6, 6.07) is 12.3. The summed E-state index contributed by atoms with van der Waals surface area (Å²) in [6.45, 7) is 3.61. The van der Waals surface area contributed by atoms with Crippen LogP contribution in [0.1, 0.15) is 5.56 Å². The minimum atomic E-state index is -0.128. The average molecular weight is 295 g/mol. The van der Waals surface area contributed by atoms with Crippen molar-refractivity contribution in [2.75, 3.05) is 6.61 Å². The number of hydrogen-bond donors (Lipinski definition) is 1. The summed E-state index contributed by atoms with van der Waals surface area (Å²) < 4.78 is 5.65. The Kier molecular flexibility index (Phi) is 4.48. The lowest BCUT2D eigenvalue weighted by Crippen LogP contribution is -1.91. The number of rotatable bonds is 4. The van der Waals surface area contributed by atoms with Gasteiger partial charge in [0.1, 0.15) is 11.5 Å². The van der Waals surface area contributed by atoms with Crippen LogP contribution in [0.15, 0.2) is 49.0 Å². The molecule has 0 spiro atoms. The van der Waals surface area contributed by atoms with Crippen LogP contribution in [0.25, 0.3) is 5.57 Å². The molecule has 0 saturated carbocycles. The highest BCUT2D eigenvalue weighted by Crippen LogP contribution is 2.30. The summed E-state index contributed by atoms with van der Waals surface area (Å²) in [6.07, 6.45) is 0. The normalized spacial score (nSPS) is 10.3. The van der Waals surface area contributed by atoms with Crippen LogP contribution in [0, 0.1) is 0 Å². The SMILES string of the molecule is C=C(CO)c1ccc(Oc2ccc(Cl)cc2)cc1Cl.